The zero-order valence-electron chi connectivity index (χ0n) is 8.92. The van der Waals surface area contributed by atoms with Crippen molar-refractivity contribution in [3.05, 3.63) is 0 Å². The third-order valence-corrected chi connectivity index (χ3v) is 3.09. The summed E-state index contributed by atoms with van der Waals surface area (Å²) in [7, 11) is 0. The molecule has 0 heterocycles. The second-order valence-corrected chi connectivity index (χ2v) is 4.44. The van der Waals surface area contributed by atoms with Gasteiger partial charge < -0.3 is 10.4 Å². The standard InChI is InChI=1S/C11H23NO/c1-9(13)8-12-10(2)11-6-4-3-5-7-11/h9-13H,3-8H2,1-2H3/t9-,10-/m0/s1. The first-order valence-electron chi connectivity index (χ1n) is 5.61. The smallest absolute Gasteiger partial charge is 0.0636 e. The minimum absolute atomic E-state index is 0.217. The van der Waals surface area contributed by atoms with Crippen molar-refractivity contribution >= 4 is 0 Å². The Labute approximate surface area is 81.7 Å². The summed E-state index contributed by atoms with van der Waals surface area (Å²) in [6.07, 6.45) is 6.73. The lowest BCUT2D eigenvalue weighted by molar-refractivity contribution is 0.175. The maximum atomic E-state index is 9.14. The molecule has 2 nitrogen and oxygen atoms in total. The van der Waals surface area contributed by atoms with Gasteiger partial charge in [-0.05, 0) is 32.6 Å². The van der Waals surface area contributed by atoms with Crippen LogP contribution in [0.5, 0.6) is 0 Å². The predicted molar refractivity (Wildman–Crippen MR) is 55.7 cm³/mol. The summed E-state index contributed by atoms with van der Waals surface area (Å²) in [5.41, 5.74) is 0. The summed E-state index contributed by atoms with van der Waals surface area (Å²) in [6.45, 7) is 4.82. The number of rotatable bonds is 4. The van der Waals surface area contributed by atoms with E-state index in [1.54, 1.807) is 0 Å². The molecule has 2 atom stereocenters. The van der Waals surface area contributed by atoms with Gasteiger partial charge in [0.05, 0.1) is 6.10 Å². The fraction of sp³-hybridized carbons (Fsp3) is 1.00. The van der Waals surface area contributed by atoms with Gasteiger partial charge in [0.15, 0.2) is 0 Å². The van der Waals surface area contributed by atoms with Crippen molar-refractivity contribution in [3.8, 4) is 0 Å². The van der Waals surface area contributed by atoms with E-state index in [1.807, 2.05) is 6.92 Å². The number of nitrogens with one attached hydrogen (secondary N) is 1. The molecule has 0 aromatic carbocycles. The van der Waals surface area contributed by atoms with Crippen LogP contribution in [-0.2, 0) is 0 Å². The summed E-state index contributed by atoms with van der Waals surface area (Å²) in [5.74, 6) is 0.840. The first-order chi connectivity index (χ1) is 6.20. The van der Waals surface area contributed by atoms with E-state index in [0.717, 1.165) is 12.5 Å². The Hall–Kier alpha value is -0.0800. The molecule has 1 saturated carbocycles. The quantitative estimate of drug-likeness (QED) is 0.701. The topological polar surface area (TPSA) is 32.3 Å². The molecular formula is C11H23NO. The van der Waals surface area contributed by atoms with Gasteiger partial charge in [-0.15, -0.1) is 0 Å². The third-order valence-electron chi connectivity index (χ3n) is 3.09. The van der Waals surface area contributed by atoms with Crippen molar-refractivity contribution in [2.45, 2.75) is 58.1 Å². The molecule has 0 amide bonds. The van der Waals surface area contributed by atoms with Gasteiger partial charge in [0.2, 0.25) is 0 Å². The maximum Gasteiger partial charge on any atom is 0.0636 e. The van der Waals surface area contributed by atoms with Crippen molar-refractivity contribution < 1.29 is 5.11 Å². The average Bonchev–Trinajstić information content (AvgIpc) is 2.15. The van der Waals surface area contributed by atoms with Crippen LogP contribution in [-0.4, -0.2) is 23.8 Å². The molecule has 0 aromatic rings. The van der Waals surface area contributed by atoms with E-state index in [1.165, 1.54) is 32.1 Å². The second-order valence-electron chi connectivity index (χ2n) is 4.44. The molecule has 0 radical (unpaired) electrons. The summed E-state index contributed by atoms with van der Waals surface area (Å²) in [6, 6.07) is 0.579. The van der Waals surface area contributed by atoms with Crippen LogP contribution < -0.4 is 5.32 Å². The van der Waals surface area contributed by atoms with Gasteiger partial charge in [-0.1, -0.05) is 19.3 Å². The Morgan fingerprint density at radius 2 is 1.85 bits per heavy atom. The largest absolute Gasteiger partial charge is 0.392 e. The van der Waals surface area contributed by atoms with Gasteiger partial charge in [0, 0.05) is 12.6 Å². The van der Waals surface area contributed by atoms with E-state index in [0.29, 0.717) is 6.04 Å². The monoisotopic (exact) mass is 185 g/mol. The van der Waals surface area contributed by atoms with E-state index in [4.69, 9.17) is 5.11 Å². The molecule has 0 aromatic heterocycles. The summed E-state index contributed by atoms with van der Waals surface area (Å²) < 4.78 is 0. The molecule has 1 fully saturated rings. The highest BCUT2D eigenvalue weighted by Crippen LogP contribution is 2.26. The Morgan fingerprint density at radius 1 is 1.23 bits per heavy atom. The third kappa shape index (κ3) is 4.10. The van der Waals surface area contributed by atoms with Gasteiger partial charge >= 0.3 is 0 Å². The highest BCUT2D eigenvalue weighted by molar-refractivity contribution is 4.76. The van der Waals surface area contributed by atoms with E-state index in [9.17, 15) is 0 Å². The van der Waals surface area contributed by atoms with Gasteiger partial charge in [-0.2, -0.15) is 0 Å². The van der Waals surface area contributed by atoms with E-state index in [2.05, 4.69) is 12.2 Å². The first-order valence-corrected chi connectivity index (χ1v) is 5.61. The SMILES string of the molecule is C[C@H](O)CN[C@@H](C)C1CCCCC1. The van der Waals surface area contributed by atoms with Crippen LogP contribution in [0.4, 0.5) is 0 Å². The van der Waals surface area contributed by atoms with Crippen LogP contribution in [0, 0.1) is 5.92 Å². The number of hydrogen-bond acceptors (Lipinski definition) is 2. The van der Waals surface area contributed by atoms with Crippen LogP contribution in [0.3, 0.4) is 0 Å². The molecule has 0 saturated heterocycles. The molecule has 0 bridgehead atoms. The van der Waals surface area contributed by atoms with E-state index >= 15 is 0 Å². The minimum atomic E-state index is -0.217. The van der Waals surface area contributed by atoms with Crippen molar-refractivity contribution in [2.24, 2.45) is 5.92 Å². The molecular weight excluding hydrogens is 162 g/mol. The van der Waals surface area contributed by atoms with E-state index in [-0.39, 0.29) is 6.10 Å². The second kappa shape index (κ2) is 5.61. The fourth-order valence-corrected chi connectivity index (χ4v) is 2.16. The Kier molecular flexibility index (Phi) is 4.74. The highest BCUT2D eigenvalue weighted by atomic mass is 16.3. The molecule has 1 aliphatic carbocycles. The van der Waals surface area contributed by atoms with Gasteiger partial charge in [0.25, 0.3) is 0 Å². The Balaban J connectivity index is 2.17. The zero-order chi connectivity index (χ0) is 9.68. The average molecular weight is 185 g/mol. The van der Waals surface area contributed by atoms with E-state index < -0.39 is 0 Å². The maximum absolute atomic E-state index is 9.14. The van der Waals surface area contributed by atoms with Crippen LogP contribution in [0.2, 0.25) is 0 Å². The lowest BCUT2D eigenvalue weighted by Crippen LogP contribution is -2.38. The number of aliphatic hydroxyl groups excluding tert-OH is 1. The van der Waals surface area contributed by atoms with Crippen LogP contribution in [0.15, 0.2) is 0 Å². The van der Waals surface area contributed by atoms with Crippen LogP contribution >= 0.6 is 0 Å². The molecule has 2 heteroatoms. The molecule has 78 valence electrons. The van der Waals surface area contributed by atoms with Crippen LogP contribution in [0.25, 0.3) is 0 Å². The number of hydrogen-bond donors (Lipinski definition) is 2. The highest BCUT2D eigenvalue weighted by Gasteiger charge is 2.19. The lowest BCUT2D eigenvalue weighted by Gasteiger charge is -2.28. The van der Waals surface area contributed by atoms with Crippen molar-refractivity contribution in [3.63, 3.8) is 0 Å². The van der Waals surface area contributed by atoms with Crippen molar-refractivity contribution in [1.82, 2.24) is 5.32 Å². The molecule has 0 unspecified atom stereocenters. The Bertz CT molecular complexity index is 130. The molecule has 13 heavy (non-hydrogen) atoms. The molecule has 2 N–H and O–H groups in total. The lowest BCUT2D eigenvalue weighted by atomic mass is 9.84. The predicted octanol–water partition coefficient (Wildman–Crippen LogP) is 1.93. The summed E-state index contributed by atoms with van der Waals surface area (Å²) in [5, 5.41) is 12.5. The summed E-state index contributed by atoms with van der Waals surface area (Å²) >= 11 is 0. The van der Waals surface area contributed by atoms with Gasteiger partial charge in [0.1, 0.15) is 0 Å². The molecule has 1 rings (SSSR count). The van der Waals surface area contributed by atoms with Crippen molar-refractivity contribution in [2.75, 3.05) is 6.54 Å². The fourth-order valence-electron chi connectivity index (χ4n) is 2.16. The summed E-state index contributed by atoms with van der Waals surface area (Å²) in [4.78, 5) is 0. The Morgan fingerprint density at radius 3 is 2.38 bits per heavy atom. The minimum Gasteiger partial charge on any atom is -0.392 e. The molecule has 0 spiro atoms. The molecule has 0 aliphatic heterocycles. The van der Waals surface area contributed by atoms with Gasteiger partial charge in [-0.25, -0.2) is 0 Å². The van der Waals surface area contributed by atoms with Gasteiger partial charge in [-0.3, -0.25) is 0 Å². The first kappa shape index (κ1) is 11.0. The zero-order valence-corrected chi connectivity index (χ0v) is 8.92. The molecule has 1 aliphatic rings. The number of aliphatic hydroxyl groups is 1. The normalized spacial score (nSPS) is 24.2. The van der Waals surface area contributed by atoms with Crippen LogP contribution in [0.1, 0.15) is 46.0 Å². The van der Waals surface area contributed by atoms with Crippen molar-refractivity contribution in [1.29, 1.82) is 0 Å².